The maximum atomic E-state index is 12.1. The monoisotopic (exact) mass is 401 g/mol. The molecule has 0 bridgehead atoms. The minimum atomic E-state index is -3.61. The van der Waals surface area contributed by atoms with E-state index >= 15 is 0 Å². The van der Waals surface area contributed by atoms with Gasteiger partial charge in [0.15, 0.2) is 19.7 Å². The fraction of sp³-hybridized carbons (Fsp3) is 0.294. The van der Waals surface area contributed by atoms with E-state index in [1.54, 1.807) is 12.1 Å². The van der Waals surface area contributed by atoms with Gasteiger partial charge in [-0.25, -0.2) is 16.8 Å². The van der Waals surface area contributed by atoms with E-state index in [0.29, 0.717) is 17.1 Å². The lowest BCUT2D eigenvalue weighted by Crippen LogP contribution is -2.13. The Kier molecular flexibility index (Phi) is 5.81. The second kappa shape index (κ2) is 7.35. The second-order valence-electron chi connectivity index (χ2n) is 5.86. The molecule has 2 rings (SSSR count). The molecule has 0 aromatic heterocycles. The van der Waals surface area contributed by atoms with Gasteiger partial charge in [0.25, 0.3) is 0 Å². The van der Waals surface area contributed by atoms with E-state index in [1.165, 1.54) is 18.2 Å². The largest absolute Gasteiger partial charge is 0.377 e. The van der Waals surface area contributed by atoms with E-state index in [1.807, 2.05) is 19.1 Å². The molecule has 0 saturated heterocycles. The number of benzene rings is 2. The first kappa shape index (κ1) is 19.8. The Morgan fingerprint density at radius 2 is 1.56 bits per heavy atom. The molecule has 0 heterocycles. The van der Waals surface area contributed by atoms with Crippen LogP contribution < -0.4 is 5.32 Å². The summed E-state index contributed by atoms with van der Waals surface area (Å²) in [5.74, 6) is 0. The van der Waals surface area contributed by atoms with Crippen molar-refractivity contribution in [1.29, 1.82) is 0 Å². The van der Waals surface area contributed by atoms with E-state index in [-0.39, 0.29) is 15.8 Å². The first-order chi connectivity index (χ1) is 11.5. The van der Waals surface area contributed by atoms with Crippen LogP contribution in [0.5, 0.6) is 0 Å². The van der Waals surface area contributed by atoms with Crippen LogP contribution in [0.25, 0.3) is 0 Å². The smallest absolute Gasteiger partial charge is 0.177 e. The lowest BCUT2D eigenvalue weighted by molar-refractivity contribution is 0.600. The summed E-state index contributed by atoms with van der Waals surface area (Å²) < 4.78 is 47.7. The molecule has 0 aliphatic heterocycles. The number of sulfone groups is 2. The number of halogens is 1. The molecule has 0 aliphatic carbocycles. The topological polar surface area (TPSA) is 80.3 Å². The number of anilines is 1. The number of hydrogen-bond donors (Lipinski definition) is 1. The second-order valence-corrected chi connectivity index (χ2v) is 10.3. The van der Waals surface area contributed by atoms with Crippen LogP contribution in [0.3, 0.4) is 0 Å². The number of rotatable bonds is 6. The lowest BCUT2D eigenvalue weighted by Gasteiger charge is -2.21. The number of nitrogens with one attached hydrogen (secondary N) is 1. The molecule has 25 heavy (non-hydrogen) atoms. The van der Waals surface area contributed by atoms with Crippen LogP contribution in [-0.4, -0.2) is 29.3 Å². The Balaban J connectivity index is 2.49. The van der Waals surface area contributed by atoms with E-state index < -0.39 is 19.7 Å². The van der Waals surface area contributed by atoms with Crippen LogP contribution in [0.2, 0.25) is 5.02 Å². The van der Waals surface area contributed by atoms with Gasteiger partial charge in [-0.15, -0.1) is 0 Å². The Hall–Kier alpha value is -1.57. The third kappa shape index (κ3) is 4.96. The summed E-state index contributed by atoms with van der Waals surface area (Å²) in [6.07, 6.45) is 2.81. The first-order valence-corrected chi connectivity index (χ1v) is 11.7. The highest BCUT2D eigenvalue weighted by molar-refractivity contribution is 7.91. The van der Waals surface area contributed by atoms with Crippen LogP contribution in [0.15, 0.2) is 52.3 Å². The maximum Gasteiger partial charge on any atom is 0.177 e. The molecule has 0 fully saturated rings. The van der Waals surface area contributed by atoms with Gasteiger partial charge in [-0.2, -0.15) is 0 Å². The molecule has 1 atom stereocenters. The minimum absolute atomic E-state index is 0.0296. The first-order valence-electron chi connectivity index (χ1n) is 7.58. The van der Waals surface area contributed by atoms with Gasteiger partial charge in [-0.3, -0.25) is 0 Å². The molecule has 8 heteroatoms. The molecule has 136 valence electrons. The van der Waals surface area contributed by atoms with Crippen molar-refractivity contribution in [1.82, 2.24) is 0 Å². The van der Waals surface area contributed by atoms with Crippen molar-refractivity contribution in [2.24, 2.45) is 0 Å². The summed E-state index contributed by atoms with van der Waals surface area (Å²) in [4.78, 5) is -0.0687. The van der Waals surface area contributed by atoms with Crippen LogP contribution in [0.1, 0.15) is 24.9 Å². The zero-order chi connectivity index (χ0) is 18.8. The van der Waals surface area contributed by atoms with Gasteiger partial charge >= 0.3 is 0 Å². The summed E-state index contributed by atoms with van der Waals surface area (Å²) in [5, 5.41) is 3.82. The van der Waals surface area contributed by atoms with Crippen LogP contribution in [0.4, 0.5) is 5.69 Å². The Bertz CT molecular complexity index is 968. The molecule has 0 amide bonds. The van der Waals surface area contributed by atoms with Crippen LogP contribution >= 0.6 is 11.6 Å². The van der Waals surface area contributed by atoms with Crippen molar-refractivity contribution in [3.63, 3.8) is 0 Å². The average molecular weight is 402 g/mol. The molecule has 0 aliphatic rings. The van der Waals surface area contributed by atoms with Crippen LogP contribution in [-0.2, 0) is 19.7 Å². The fourth-order valence-electron chi connectivity index (χ4n) is 2.46. The van der Waals surface area contributed by atoms with E-state index in [0.717, 1.165) is 18.1 Å². The zero-order valence-corrected chi connectivity index (χ0v) is 16.5. The quantitative estimate of drug-likeness (QED) is 0.797. The standard InChI is InChI=1S/C17H20ClNO4S2/c1-4-15(12-5-7-13(18)8-6-12)19-16-10-9-14(24(2,20)21)11-17(16)25(3,22)23/h5-11,15,19H,4H2,1-3H3. The van der Waals surface area contributed by atoms with Gasteiger partial charge in [0, 0.05) is 17.5 Å². The Morgan fingerprint density at radius 1 is 0.960 bits per heavy atom. The fourth-order valence-corrected chi connectivity index (χ4v) is 4.18. The number of hydrogen-bond acceptors (Lipinski definition) is 5. The molecule has 0 spiro atoms. The van der Waals surface area contributed by atoms with Gasteiger partial charge in [0.2, 0.25) is 0 Å². The molecule has 1 N–H and O–H groups in total. The summed E-state index contributed by atoms with van der Waals surface area (Å²) in [6.45, 7) is 1.97. The highest BCUT2D eigenvalue weighted by Crippen LogP contribution is 2.30. The summed E-state index contributed by atoms with van der Waals surface area (Å²) in [5.41, 5.74) is 1.33. The average Bonchev–Trinajstić information content (AvgIpc) is 2.51. The van der Waals surface area contributed by atoms with E-state index in [9.17, 15) is 16.8 Å². The maximum absolute atomic E-state index is 12.1. The summed E-state index contributed by atoms with van der Waals surface area (Å²) >= 11 is 5.91. The predicted octanol–water partition coefficient (Wildman–Crippen LogP) is 3.71. The van der Waals surface area contributed by atoms with Crippen molar-refractivity contribution < 1.29 is 16.8 Å². The van der Waals surface area contributed by atoms with E-state index in [2.05, 4.69) is 5.32 Å². The molecule has 5 nitrogen and oxygen atoms in total. The van der Waals surface area contributed by atoms with E-state index in [4.69, 9.17) is 11.6 Å². The van der Waals surface area contributed by atoms with Crippen molar-refractivity contribution in [2.75, 3.05) is 17.8 Å². The Morgan fingerprint density at radius 3 is 2.04 bits per heavy atom. The summed E-state index contributed by atoms with van der Waals surface area (Å²) in [7, 11) is -7.11. The van der Waals surface area contributed by atoms with Gasteiger partial charge in [-0.1, -0.05) is 30.7 Å². The molecule has 1 unspecified atom stereocenters. The molecular weight excluding hydrogens is 382 g/mol. The Labute approximate surface area is 153 Å². The molecule has 2 aromatic carbocycles. The van der Waals surface area contributed by atoms with Crippen molar-refractivity contribution in [2.45, 2.75) is 29.2 Å². The third-order valence-electron chi connectivity index (χ3n) is 3.79. The zero-order valence-electron chi connectivity index (χ0n) is 14.2. The van der Waals surface area contributed by atoms with Crippen molar-refractivity contribution in [3.05, 3.63) is 53.1 Å². The van der Waals surface area contributed by atoms with Gasteiger partial charge in [0.05, 0.1) is 21.5 Å². The highest BCUT2D eigenvalue weighted by Gasteiger charge is 2.20. The minimum Gasteiger partial charge on any atom is -0.377 e. The normalized spacial score (nSPS) is 13.4. The highest BCUT2D eigenvalue weighted by atomic mass is 35.5. The molecule has 2 aromatic rings. The lowest BCUT2D eigenvalue weighted by atomic mass is 10.0. The molecular formula is C17H20ClNO4S2. The predicted molar refractivity (Wildman–Crippen MR) is 101 cm³/mol. The van der Waals surface area contributed by atoms with Crippen molar-refractivity contribution >= 4 is 37.0 Å². The molecule has 0 radical (unpaired) electrons. The van der Waals surface area contributed by atoms with Gasteiger partial charge < -0.3 is 5.32 Å². The van der Waals surface area contributed by atoms with Crippen molar-refractivity contribution in [3.8, 4) is 0 Å². The van der Waals surface area contributed by atoms with Gasteiger partial charge in [-0.05, 0) is 42.3 Å². The molecule has 0 saturated carbocycles. The summed E-state index contributed by atoms with van der Waals surface area (Å²) in [6, 6.07) is 11.2. The SMILES string of the molecule is CCC(Nc1ccc(S(C)(=O)=O)cc1S(C)(=O)=O)c1ccc(Cl)cc1. The van der Waals surface area contributed by atoms with Gasteiger partial charge in [0.1, 0.15) is 0 Å². The van der Waals surface area contributed by atoms with Crippen LogP contribution in [0, 0.1) is 0 Å². The third-order valence-corrected chi connectivity index (χ3v) is 6.29.